The van der Waals surface area contributed by atoms with E-state index in [0.29, 0.717) is 24.6 Å². The van der Waals surface area contributed by atoms with Gasteiger partial charge in [-0.3, -0.25) is 13.9 Å². The molecule has 170 valence electrons. The molecule has 0 aliphatic carbocycles. The number of para-hydroxylation sites is 2. The van der Waals surface area contributed by atoms with Crippen LogP contribution in [0.4, 0.5) is 4.39 Å². The number of aromatic nitrogens is 3. The minimum atomic E-state index is -0.292. The lowest BCUT2D eigenvalue weighted by atomic mass is 10.0. The maximum absolute atomic E-state index is 13.5. The lowest BCUT2D eigenvalue weighted by molar-refractivity contribution is -0.136. The second-order valence-electron chi connectivity index (χ2n) is 8.49. The molecule has 3 heterocycles. The van der Waals surface area contributed by atoms with Crippen molar-refractivity contribution >= 4 is 16.9 Å². The highest BCUT2D eigenvalue weighted by molar-refractivity contribution is 5.81. The van der Waals surface area contributed by atoms with E-state index in [1.165, 1.54) is 16.7 Å². The highest BCUT2D eigenvalue weighted by Gasteiger charge is 2.32. The molecule has 1 aliphatic rings. The highest BCUT2D eigenvalue weighted by atomic mass is 19.1. The summed E-state index contributed by atoms with van der Waals surface area (Å²) in [6.07, 6.45) is 4.67. The molecule has 5 rings (SSSR count). The topological polar surface area (TPSA) is 73.3 Å². The number of aryl methyl sites for hydroxylation is 1. The van der Waals surface area contributed by atoms with E-state index < -0.39 is 0 Å². The Hall–Kier alpha value is -3.68. The van der Waals surface area contributed by atoms with Gasteiger partial charge in [0.25, 0.3) is 0 Å². The van der Waals surface area contributed by atoms with Crippen molar-refractivity contribution in [2.45, 2.75) is 38.3 Å². The van der Waals surface area contributed by atoms with E-state index >= 15 is 0 Å². The molecule has 4 aromatic rings. The number of carbonyl (C=O) groups is 1. The summed E-state index contributed by atoms with van der Waals surface area (Å²) < 4.78 is 22.6. The third-order valence-corrected chi connectivity index (χ3v) is 6.29. The third-order valence-electron chi connectivity index (χ3n) is 6.29. The predicted octanol–water partition coefficient (Wildman–Crippen LogP) is 3.81. The standard InChI is InChI=1S/C25H25FN4O3/c1-28-20-9-2-3-10-21(20)30(25(28)32)16-23(31)29-12-5-4-11-22(29)24-27-15-19(33-24)14-17-7-6-8-18(26)13-17/h2-3,6-10,13,15,22H,4-5,11-12,14,16H2,1H3. The zero-order valence-corrected chi connectivity index (χ0v) is 18.4. The number of piperidine rings is 1. The van der Waals surface area contributed by atoms with Crippen molar-refractivity contribution in [2.75, 3.05) is 6.54 Å². The molecule has 2 aromatic carbocycles. The summed E-state index contributed by atoms with van der Waals surface area (Å²) in [6, 6.07) is 13.6. The smallest absolute Gasteiger partial charge is 0.329 e. The van der Waals surface area contributed by atoms with Crippen molar-refractivity contribution in [3.05, 3.63) is 88.2 Å². The Labute approximate surface area is 190 Å². The van der Waals surface area contributed by atoms with Crippen molar-refractivity contribution in [3.8, 4) is 0 Å². The van der Waals surface area contributed by atoms with Gasteiger partial charge in [0, 0.05) is 20.0 Å². The number of hydrogen-bond donors (Lipinski definition) is 0. The molecule has 1 fully saturated rings. The van der Waals surface area contributed by atoms with E-state index in [1.54, 1.807) is 28.8 Å². The number of benzene rings is 2. The molecule has 1 amide bonds. The SMILES string of the molecule is Cn1c(=O)n(CC(=O)N2CCCCC2c2ncc(Cc3cccc(F)c3)o2)c2ccccc21. The van der Waals surface area contributed by atoms with E-state index in [4.69, 9.17) is 4.42 Å². The normalized spacial score (nSPS) is 16.4. The van der Waals surface area contributed by atoms with Crippen LogP contribution in [-0.2, 0) is 24.8 Å². The van der Waals surface area contributed by atoms with Crippen LogP contribution in [0.1, 0.15) is 42.5 Å². The summed E-state index contributed by atoms with van der Waals surface area (Å²) >= 11 is 0. The second-order valence-corrected chi connectivity index (χ2v) is 8.49. The van der Waals surface area contributed by atoms with Gasteiger partial charge in [-0.1, -0.05) is 24.3 Å². The molecular weight excluding hydrogens is 423 g/mol. The summed E-state index contributed by atoms with van der Waals surface area (Å²) in [7, 11) is 1.71. The first-order chi connectivity index (χ1) is 16.0. The van der Waals surface area contributed by atoms with E-state index in [1.807, 2.05) is 30.3 Å². The van der Waals surface area contributed by atoms with Crippen LogP contribution in [0.15, 0.2) is 63.9 Å². The molecule has 0 spiro atoms. The van der Waals surface area contributed by atoms with Gasteiger partial charge in [-0.15, -0.1) is 0 Å². The molecule has 1 saturated heterocycles. The molecule has 0 N–H and O–H groups in total. The van der Waals surface area contributed by atoms with Crippen molar-refractivity contribution in [3.63, 3.8) is 0 Å². The van der Waals surface area contributed by atoms with Crippen LogP contribution >= 0.6 is 0 Å². The van der Waals surface area contributed by atoms with Gasteiger partial charge < -0.3 is 9.32 Å². The van der Waals surface area contributed by atoms with Crippen LogP contribution in [0.5, 0.6) is 0 Å². The summed E-state index contributed by atoms with van der Waals surface area (Å²) in [5.74, 6) is 0.682. The second kappa shape index (κ2) is 8.69. The zero-order chi connectivity index (χ0) is 22.9. The average molecular weight is 448 g/mol. The number of oxazole rings is 1. The summed E-state index contributed by atoms with van der Waals surface area (Å²) in [5.41, 5.74) is 2.11. The highest BCUT2D eigenvalue weighted by Crippen LogP contribution is 2.31. The predicted molar refractivity (Wildman–Crippen MR) is 121 cm³/mol. The average Bonchev–Trinajstić information content (AvgIpc) is 3.38. The van der Waals surface area contributed by atoms with Gasteiger partial charge in [0.1, 0.15) is 24.2 Å². The van der Waals surface area contributed by atoms with Crippen LogP contribution in [0.2, 0.25) is 0 Å². The maximum Gasteiger partial charge on any atom is 0.329 e. The fraction of sp³-hybridized carbons (Fsp3) is 0.320. The number of likely N-dealkylation sites (tertiary alicyclic amines) is 1. The molecule has 8 heteroatoms. The molecule has 33 heavy (non-hydrogen) atoms. The summed E-state index contributed by atoms with van der Waals surface area (Å²) in [4.78, 5) is 32.3. The summed E-state index contributed by atoms with van der Waals surface area (Å²) in [5, 5.41) is 0. The third kappa shape index (κ3) is 4.08. The Morgan fingerprint density at radius 2 is 1.97 bits per heavy atom. The number of hydrogen-bond acceptors (Lipinski definition) is 4. The molecule has 0 bridgehead atoms. The van der Waals surface area contributed by atoms with Crippen molar-refractivity contribution < 1.29 is 13.6 Å². The van der Waals surface area contributed by atoms with Crippen molar-refractivity contribution in [1.29, 1.82) is 0 Å². The molecule has 7 nitrogen and oxygen atoms in total. The fourth-order valence-electron chi connectivity index (χ4n) is 4.64. The molecule has 1 atom stereocenters. The first kappa shape index (κ1) is 21.2. The van der Waals surface area contributed by atoms with Gasteiger partial charge in [0.05, 0.1) is 17.2 Å². The lowest BCUT2D eigenvalue weighted by Crippen LogP contribution is -2.41. The van der Waals surface area contributed by atoms with E-state index in [2.05, 4.69) is 4.98 Å². The van der Waals surface area contributed by atoms with Gasteiger partial charge in [0.15, 0.2) is 0 Å². The zero-order valence-electron chi connectivity index (χ0n) is 18.4. The van der Waals surface area contributed by atoms with E-state index in [0.717, 1.165) is 35.9 Å². The van der Waals surface area contributed by atoms with Crippen LogP contribution in [0.3, 0.4) is 0 Å². The van der Waals surface area contributed by atoms with Crippen molar-refractivity contribution in [1.82, 2.24) is 19.0 Å². The number of fused-ring (bicyclic) bond motifs is 1. The molecule has 2 aromatic heterocycles. The first-order valence-corrected chi connectivity index (χ1v) is 11.1. The number of rotatable bonds is 5. The Bertz CT molecular complexity index is 1370. The maximum atomic E-state index is 13.5. The molecule has 1 unspecified atom stereocenters. The van der Waals surface area contributed by atoms with Gasteiger partial charge >= 0.3 is 5.69 Å². The van der Waals surface area contributed by atoms with Gasteiger partial charge in [-0.2, -0.15) is 0 Å². The molecular formula is C25H25FN4O3. The van der Waals surface area contributed by atoms with Crippen LogP contribution in [0, 0.1) is 5.82 Å². The number of carbonyl (C=O) groups excluding carboxylic acids is 1. The van der Waals surface area contributed by atoms with Crippen LogP contribution in [0.25, 0.3) is 11.0 Å². The number of amides is 1. The van der Waals surface area contributed by atoms with Crippen LogP contribution < -0.4 is 5.69 Å². The lowest BCUT2D eigenvalue weighted by Gasteiger charge is -2.33. The fourth-order valence-corrected chi connectivity index (χ4v) is 4.64. The number of imidazole rings is 1. The Kier molecular flexibility index (Phi) is 5.58. The first-order valence-electron chi connectivity index (χ1n) is 11.1. The van der Waals surface area contributed by atoms with Gasteiger partial charge in [-0.05, 0) is 49.1 Å². The molecule has 0 radical (unpaired) electrons. The largest absolute Gasteiger partial charge is 0.443 e. The van der Waals surface area contributed by atoms with Gasteiger partial charge in [0.2, 0.25) is 11.8 Å². The summed E-state index contributed by atoms with van der Waals surface area (Å²) in [6.45, 7) is 0.554. The van der Waals surface area contributed by atoms with Crippen molar-refractivity contribution in [2.24, 2.45) is 7.05 Å². The number of halogens is 1. The minimum Gasteiger partial charge on any atom is -0.443 e. The minimum absolute atomic E-state index is 0.0342. The Balaban J connectivity index is 1.37. The monoisotopic (exact) mass is 448 g/mol. The number of nitrogens with zero attached hydrogens (tertiary/aromatic N) is 4. The molecule has 1 aliphatic heterocycles. The Morgan fingerprint density at radius 1 is 1.15 bits per heavy atom. The van der Waals surface area contributed by atoms with Crippen LogP contribution in [-0.4, -0.2) is 31.5 Å². The van der Waals surface area contributed by atoms with E-state index in [9.17, 15) is 14.0 Å². The Morgan fingerprint density at radius 3 is 2.79 bits per heavy atom. The van der Waals surface area contributed by atoms with E-state index in [-0.39, 0.29) is 30.0 Å². The van der Waals surface area contributed by atoms with Gasteiger partial charge in [-0.25, -0.2) is 14.2 Å². The quantitative estimate of drug-likeness (QED) is 0.465. The molecule has 0 saturated carbocycles.